The van der Waals surface area contributed by atoms with E-state index in [4.69, 9.17) is 5.84 Å². The summed E-state index contributed by atoms with van der Waals surface area (Å²) in [6.45, 7) is 8.13. The number of rotatable bonds is 4. The first-order chi connectivity index (χ1) is 5.40. The number of carbonyl (C=O) groups excluding carboxylic acids is 1. The summed E-state index contributed by atoms with van der Waals surface area (Å²) in [5.74, 6) is 5.62. The van der Waals surface area contributed by atoms with E-state index < -0.39 is 0 Å². The van der Waals surface area contributed by atoms with Crippen molar-refractivity contribution in [3.05, 3.63) is 0 Å². The van der Waals surface area contributed by atoms with Gasteiger partial charge in [-0.3, -0.25) is 10.2 Å². The van der Waals surface area contributed by atoms with Crippen molar-refractivity contribution in [2.24, 2.45) is 17.2 Å². The van der Waals surface area contributed by atoms with Crippen molar-refractivity contribution in [2.45, 2.75) is 40.5 Å². The molecule has 12 heavy (non-hydrogen) atoms. The number of nitrogens with one attached hydrogen (secondary N) is 1. The van der Waals surface area contributed by atoms with Crippen LogP contribution in [0.3, 0.4) is 0 Å². The summed E-state index contributed by atoms with van der Waals surface area (Å²) < 4.78 is 0. The Bertz CT molecular complexity index is 153. The van der Waals surface area contributed by atoms with Gasteiger partial charge < -0.3 is 0 Å². The molecule has 0 aromatic heterocycles. The fraction of sp³-hybridized carbons (Fsp3) is 0.889. The molecule has 0 bridgehead atoms. The van der Waals surface area contributed by atoms with Crippen molar-refractivity contribution < 1.29 is 4.79 Å². The summed E-state index contributed by atoms with van der Waals surface area (Å²) in [4.78, 5) is 11.2. The lowest BCUT2D eigenvalue weighted by molar-refractivity contribution is -0.129. The second kappa shape index (κ2) is 4.45. The first-order valence-electron chi connectivity index (χ1n) is 4.41. The van der Waals surface area contributed by atoms with E-state index in [1.54, 1.807) is 0 Å². The number of hydrogen-bond acceptors (Lipinski definition) is 2. The summed E-state index contributed by atoms with van der Waals surface area (Å²) in [7, 11) is 0. The first kappa shape index (κ1) is 11.4. The predicted molar refractivity (Wildman–Crippen MR) is 50.2 cm³/mol. The molecule has 3 N–H and O–H groups in total. The van der Waals surface area contributed by atoms with Crippen LogP contribution in [0.4, 0.5) is 0 Å². The standard InChI is InChI=1S/C9H20N2O/c1-7(2)5-6-9(3,4)8(12)11-10/h7H,5-6,10H2,1-4H3,(H,11,12). The van der Waals surface area contributed by atoms with Crippen LogP contribution >= 0.6 is 0 Å². The van der Waals surface area contributed by atoms with Gasteiger partial charge in [-0.1, -0.05) is 27.7 Å². The highest BCUT2D eigenvalue weighted by molar-refractivity contribution is 5.81. The van der Waals surface area contributed by atoms with Crippen molar-refractivity contribution in [3.63, 3.8) is 0 Å². The lowest BCUT2D eigenvalue weighted by Crippen LogP contribution is -2.41. The Morgan fingerprint density at radius 2 is 2.00 bits per heavy atom. The Morgan fingerprint density at radius 1 is 1.50 bits per heavy atom. The van der Waals surface area contributed by atoms with Crippen LogP contribution in [-0.2, 0) is 4.79 Å². The molecule has 0 heterocycles. The van der Waals surface area contributed by atoms with Crippen molar-refractivity contribution in [2.75, 3.05) is 0 Å². The average Bonchev–Trinajstić information content (AvgIpc) is 1.99. The summed E-state index contributed by atoms with van der Waals surface area (Å²) in [6.07, 6.45) is 1.94. The normalized spacial score (nSPS) is 11.8. The van der Waals surface area contributed by atoms with Gasteiger partial charge in [-0.15, -0.1) is 0 Å². The second-order valence-electron chi connectivity index (χ2n) is 4.29. The Kier molecular flexibility index (Phi) is 4.24. The Hall–Kier alpha value is -0.570. The van der Waals surface area contributed by atoms with E-state index >= 15 is 0 Å². The van der Waals surface area contributed by atoms with Gasteiger partial charge in [0, 0.05) is 5.41 Å². The minimum Gasteiger partial charge on any atom is -0.294 e. The summed E-state index contributed by atoms with van der Waals surface area (Å²) in [6, 6.07) is 0. The van der Waals surface area contributed by atoms with Crippen molar-refractivity contribution >= 4 is 5.91 Å². The van der Waals surface area contributed by atoms with E-state index in [9.17, 15) is 4.79 Å². The minimum absolute atomic E-state index is 0.0804. The Labute approximate surface area is 74.7 Å². The van der Waals surface area contributed by atoms with E-state index in [-0.39, 0.29) is 11.3 Å². The van der Waals surface area contributed by atoms with Crippen molar-refractivity contribution in [1.82, 2.24) is 5.43 Å². The third-order valence-electron chi connectivity index (χ3n) is 2.09. The van der Waals surface area contributed by atoms with Gasteiger partial charge in [0.25, 0.3) is 0 Å². The highest BCUT2D eigenvalue weighted by Crippen LogP contribution is 2.24. The number of nitrogens with two attached hydrogens (primary N) is 1. The average molecular weight is 172 g/mol. The summed E-state index contributed by atoms with van der Waals surface area (Å²) >= 11 is 0. The summed E-state index contributed by atoms with van der Waals surface area (Å²) in [5, 5.41) is 0. The quantitative estimate of drug-likeness (QED) is 0.383. The van der Waals surface area contributed by atoms with E-state index in [0.717, 1.165) is 12.8 Å². The van der Waals surface area contributed by atoms with Gasteiger partial charge in [-0.2, -0.15) is 0 Å². The zero-order valence-corrected chi connectivity index (χ0v) is 8.48. The van der Waals surface area contributed by atoms with Crippen LogP contribution in [0.15, 0.2) is 0 Å². The molecule has 72 valence electrons. The van der Waals surface area contributed by atoms with Crippen LogP contribution in [0.25, 0.3) is 0 Å². The summed E-state index contributed by atoms with van der Waals surface area (Å²) in [5.41, 5.74) is 1.86. The van der Waals surface area contributed by atoms with E-state index in [2.05, 4.69) is 19.3 Å². The molecule has 0 rings (SSSR count). The maximum absolute atomic E-state index is 11.2. The third kappa shape index (κ3) is 3.72. The fourth-order valence-electron chi connectivity index (χ4n) is 0.958. The van der Waals surface area contributed by atoms with Gasteiger partial charge in [-0.05, 0) is 18.8 Å². The smallest absolute Gasteiger partial charge is 0.239 e. The van der Waals surface area contributed by atoms with Crippen LogP contribution in [0.5, 0.6) is 0 Å². The Morgan fingerprint density at radius 3 is 2.33 bits per heavy atom. The molecule has 0 spiro atoms. The zero-order valence-electron chi connectivity index (χ0n) is 8.48. The fourth-order valence-corrected chi connectivity index (χ4v) is 0.958. The van der Waals surface area contributed by atoms with Crippen LogP contribution in [0, 0.1) is 11.3 Å². The molecule has 0 saturated heterocycles. The van der Waals surface area contributed by atoms with Crippen LogP contribution in [-0.4, -0.2) is 5.91 Å². The molecule has 0 aromatic carbocycles. The molecule has 0 aliphatic rings. The number of carbonyl (C=O) groups is 1. The number of amides is 1. The second-order valence-corrected chi connectivity index (χ2v) is 4.29. The largest absolute Gasteiger partial charge is 0.294 e. The molecule has 0 radical (unpaired) electrons. The van der Waals surface area contributed by atoms with Gasteiger partial charge in [0.15, 0.2) is 0 Å². The van der Waals surface area contributed by atoms with Gasteiger partial charge in [0.05, 0.1) is 0 Å². The molecule has 3 heteroatoms. The van der Waals surface area contributed by atoms with E-state index in [1.807, 2.05) is 13.8 Å². The van der Waals surface area contributed by atoms with Crippen LogP contribution < -0.4 is 11.3 Å². The molecule has 0 aliphatic heterocycles. The minimum atomic E-state index is -0.334. The van der Waals surface area contributed by atoms with Crippen LogP contribution in [0.1, 0.15) is 40.5 Å². The molecule has 0 aliphatic carbocycles. The maximum atomic E-state index is 11.2. The predicted octanol–water partition coefficient (Wildman–Crippen LogP) is 1.44. The van der Waals surface area contributed by atoms with Crippen molar-refractivity contribution in [3.8, 4) is 0 Å². The lowest BCUT2D eigenvalue weighted by atomic mass is 9.85. The van der Waals surface area contributed by atoms with E-state index in [0.29, 0.717) is 5.92 Å². The van der Waals surface area contributed by atoms with Gasteiger partial charge in [0.2, 0.25) is 5.91 Å². The molecular weight excluding hydrogens is 152 g/mol. The highest BCUT2D eigenvalue weighted by atomic mass is 16.2. The van der Waals surface area contributed by atoms with E-state index in [1.165, 1.54) is 0 Å². The Balaban J connectivity index is 3.95. The molecular formula is C9H20N2O. The highest BCUT2D eigenvalue weighted by Gasteiger charge is 2.26. The molecule has 0 unspecified atom stereocenters. The van der Waals surface area contributed by atoms with Crippen molar-refractivity contribution in [1.29, 1.82) is 0 Å². The number of hydrazine groups is 1. The molecule has 0 fully saturated rings. The van der Waals surface area contributed by atoms with Crippen LogP contribution in [0.2, 0.25) is 0 Å². The maximum Gasteiger partial charge on any atom is 0.239 e. The zero-order chi connectivity index (χ0) is 9.78. The third-order valence-corrected chi connectivity index (χ3v) is 2.09. The number of hydrogen-bond donors (Lipinski definition) is 2. The molecule has 0 saturated carbocycles. The molecule has 1 amide bonds. The van der Waals surface area contributed by atoms with Gasteiger partial charge in [-0.25, -0.2) is 5.84 Å². The molecule has 0 aromatic rings. The SMILES string of the molecule is CC(C)CCC(C)(C)C(=O)NN. The monoisotopic (exact) mass is 172 g/mol. The molecule has 0 atom stereocenters. The first-order valence-corrected chi connectivity index (χ1v) is 4.41. The van der Waals surface area contributed by atoms with Gasteiger partial charge >= 0.3 is 0 Å². The lowest BCUT2D eigenvalue weighted by Gasteiger charge is -2.22. The van der Waals surface area contributed by atoms with Gasteiger partial charge in [0.1, 0.15) is 0 Å². The topological polar surface area (TPSA) is 55.1 Å². The molecule has 3 nitrogen and oxygen atoms in total.